The number of aromatic nitrogens is 16. The fourth-order valence-corrected chi connectivity index (χ4v) is 16.5. The first kappa shape index (κ1) is 91.3. The van der Waals surface area contributed by atoms with Crippen molar-refractivity contribution in [2.45, 2.75) is 0 Å². The van der Waals surface area contributed by atoms with Crippen LogP contribution in [0.1, 0.15) is 91.1 Å². The molecule has 32 bridgehead atoms. The van der Waals surface area contributed by atoms with Crippen LogP contribution in [0.15, 0.2) is 243 Å². The van der Waals surface area contributed by atoms with E-state index in [1.807, 2.05) is 0 Å². The van der Waals surface area contributed by atoms with E-state index in [0.29, 0.717) is 66.9 Å². The van der Waals surface area contributed by atoms with Crippen LogP contribution in [0.5, 0.6) is 0 Å². The van der Waals surface area contributed by atoms with Crippen molar-refractivity contribution in [2.24, 2.45) is 0 Å². The van der Waals surface area contributed by atoms with Crippen molar-refractivity contribution in [3.05, 3.63) is 380 Å². The second-order valence-corrected chi connectivity index (χ2v) is 31.8. The summed E-state index contributed by atoms with van der Waals surface area (Å²) in [6.07, 6.45) is 13.1. The van der Waals surface area contributed by atoms with Crippen LogP contribution < -0.4 is 0 Å². The van der Waals surface area contributed by atoms with Crippen molar-refractivity contribution in [3.8, 4) is 44.5 Å². The summed E-state index contributed by atoms with van der Waals surface area (Å²) >= 11 is 0. The predicted octanol–water partition coefficient (Wildman–Crippen LogP) is 29.6. The van der Waals surface area contributed by atoms with Gasteiger partial charge >= 0.3 is 0 Å². The maximum absolute atomic E-state index is 15.6. The summed E-state index contributed by atoms with van der Waals surface area (Å²) in [4.78, 5) is 43.3. The summed E-state index contributed by atoms with van der Waals surface area (Å²) in [6, 6.07) is 61.3. The summed E-state index contributed by atoms with van der Waals surface area (Å²) in [6.45, 7) is 0. The molecule has 16 nitrogen and oxygen atoms in total. The molecule has 37 heteroatoms. The molecular formula is C104H52F20N16Pt. The molecule has 0 atom stereocenters. The normalized spacial score (nSPS) is 13.0. The van der Waals surface area contributed by atoms with E-state index < -0.39 is 161 Å². The third-order valence-electron chi connectivity index (χ3n) is 22.9. The zero-order valence-electron chi connectivity index (χ0n) is 71.0. The van der Waals surface area contributed by atoms with Gasteiger partial charge in [0.15, 0.2) is 93.2 Å². The monoisotopic (exact) mass is 2100 g/mol. The molecule has 8 aliphatic heterocycles. The maximum atomic E-state index is 15.6. The second-order valence-electron chi connectivity index (χ2n) is 31.8. The molecule has 4 aromatic carbocycles. The van der Waals surface area contributed by atoms with Crippen LogP contribution >= 0.6 is 0 Å². The summed E-state index contributed by atoms with van der Waals surface area (Å²) < 4.78 is 304. The Hall–Kier alpha value is -17.4. The van der Waals surface area contributed by atoms with Gasteiger partial charge in [-0.15, -0.1) is 0 Å². The number of hydrogen-bond acceptors (Lipinski definition) is 8. The topological polar surface area (TPSA) is 186 Å². The van der Waals surface area contributed by atoms with Crippen molar-refractivity contribution in [3.63, 3.8) is 0 Å². The molecule has 0 unspecified atom stereocenters. The summed E-state index contributed by atoms with van der Waals surface area (Å²) in [5, 5.41) is 0. The van der Waals surface area contributed by atoms with Crippen LogP contribution in [-0.2, 0) is 21.1 Å². The number of H-pyrrole nitrogens is 4. The third-order valence-corrected chi connectivity index (χ3v) is 22.9. The number of benzene rings is 4. The molecule has 0 saturated carbocycles. The summed E-state index contributed by atoms with van der Waals surface area (Å²) in [5.74, 6) is -24.2. The Morgan fingerprint density at radius 1 is 0.184 bits per heavy atom. The fourth-order valence-electron chi connectivity index (χ4n) is 16.5. The standard InChI is InChI=1S/4C26H13F5N4.Pt/c4*27-21-18-11-16-8-6-14(32-16)10-15-7-9-17(33-15)12-19-20(13-4-2-1-3-5-13)22(28)26(35(19)31)24(30)25(34-18)23(21)29;/h4*1-12,32H;. The molecule has 0 aliphatic carbocycles. The van der Waals surface area contributed by atoms with Crippen molar-refractivity contribution in [1.82, 2.24) is 79.0 Å². The third kappa shape index (κ3) is 16.7. The Kier molecular flexibility index (Phi) is 23.7. The van der Waals surface area contributed by atoms with Crippen molar-refractivity contribution >= 4 is 183 Å². The van der Waals surface area contributed by atoms with Gasteiger partial charge in [0.05, 0.1) is 67.6 Å². The Labute approximate surface area is 792 Å². The molecule has 12 aromatic heterocycles. The van der Waals surface area contributed by atoms with E-state index in [9.17, 15) is 35.1 Å². The van der Waals surface area contributed by atoms with Crippen LogP contribution in [0, 0.1) is 46.5 Å². The second kappa shape index (κ2) is 36.6. The maximum Gasteiger partial charge on any atom is 0.189 e. The molecule has 20 heterocycles. The first-order valence-electron chi connectivity index (χ1n) is 41.9. The number of nitrogens with zero attached hydrogens (tertiary/aromatic N) is 12. The molecule has 698 valence electrons. The van der Waals surface area contributed by atoms with Gasteiger partial charge in [-0.1, -0.05) is 139 Å². The molecule has 0 fully saturated rings. The van der Waals surface area contributed by atoms with Gasteiger partial charge < -0.3 is 19.9 Å². The van der Waals surface area contributed by atoms with E-state index in [1.165, 1.54) is 97.1 Å². The zero-order chi connectivity index (χ0) is 97.1. The Morgan fingerprint density at radius 2 is 0.355 bits per heavy atom. The molecule has 141 heavy (non-hydrogen) atoms. The van der Waals surface area contributed by atoms with E-state index in [4.69, 9.17) is 0 Å². The SMILES string of the molecule is FC1=C(F)c2nc1cc1ccc(cc3nc(cc4c(-c5ccccc5)c(F)c(c2F)n4F)C=C3)[nH]1.FC1=C(F)c2nc1cc1ccc(cc3nc(cc4c(-c5ccccc5)c(F)c(c2F)n4F)C=C3)[nH]1.FC1=C(F)c2nc1cc1ccc(cc3nc(cc4c(-c5ccccc5)c(F)c(c2F)n4F)C=C3)[nH]1.FC1=C(F)c2nc1cc1ccc(cc3nc(cc4c(-c5ccccc5)c(F)c(c2F)n4F)C=C3)[nH]1.[Pt]. The van der Waals surface area contributed by atoms with Crippen LogP contribution in [0.25, 0.3) is 228 Å². The van der Waals surface area contributed by atoms with Crippen LogP contribution in [0.4, 0.5) is 88.2 Å². The number of fused-ring (bicyclic) bond motifs is 32. The van der Waals surface area contributed by atoms with Crippen LogP contribution in [0.2, 0.25) is 0 Å². The van der Waals surface area contributed by atoms with Crippen LogP contribution in [-0.4, -0.2) is 79.0 Å². The Balaban J connectivity index is 0.000000115. The van der Waals surface area contributed by atoms with E-state index in [2.05, 4.69) is 59.8 Å². The first-order valence-corrected chi connectivity index (χ1v) is 41.9. The van der Waals surface area contributed by atoms with E-state index in [-0.39, 0.29) is 130 Å². The van der Waals surface area contributed by atoms with Crippen molar-refractivity contribution in [1.29, 1.82) is 0 Å². The molecule has 0 saturated heterocycles. The van der Waals surface area contributed by atoms with Crippen molar-refractivity contribution < 1.29 is 109 Å². The number of halogens is 20. The summed E-state index contributed by atoms with van der Waals surface area (Å²) in [7, 11) is 0. The van der Waals surface area contributed by atoms with Gasteiger partial charge in [-0.25, -0.2) is 110 Å². The molecule has 0 spiro atoms. The van der Waals surface area contributed by atoms with Gasteiger partial charge in [0.2, 0.25) is 0 Å². The molecule has 4 N–H and O–H groups in total. The average molecular weight is 2100 g/mol. The quantitative estimate of drug-likeness (QED) is 0.125. The minimum absolute atomic E-state index is 0. The van der Waals surface area contributed by atoms with Gasteiger partial charge in [0, 0.05) is 87.5 Å². The molecule has 0 radical (unpaired) electrons. The smallest absolute Gasteiger partial charge is 0.189 e. The fraction of sp³-hybridized carbons (Fsp3) is 0. The van der Waals surface area contributed by atoms with Crippen LogP contribution in [0.3, 0.4) is 0 Å². The molecule has 0 amide bonds. The van der Waals surface area contributed by atoms with Gasteiger partial charge in [0.25, 0.3) is 0 Å². The van der Waals surface area contributed by atoms with E-state index >= 15 is 53.0 Å². The van der Waals surface area contributed by atoms with Gasteiger partial charge in [-0.05, 0) is 192 Å². The molecule has 8 aliphatic rings. The molecular weight excluding hydrogens is 2050 g/mol. The Bertz CT molecular complexity index is 8040. The van der Waals surface area contributed by atoms with Crippen molar-refractivity contribution in [2.75, 3.05) is 0 Å². The average Bonchev–Trinajstić information content (AvgIpc) is 1.61. The Morgan fingerprint density at radius 3 is 0.539 bits per heavy atom. The van der Waals surface area contributed by atoms with E-state index in [1.54, 1.807) is 194 Å². The number of hydrogen-bond donors (Lipinski definition) is 4. The summed E-state index contributed by atoms with van der Waals surface area (Å²) in [5.41, 5.74) is -5.78. The first-order chi connectivity index (χ1) is 67.6. The van der Waals surface area contributed by atoms with Gasteiger partial charge in [0.1, 0.15) is 67.6 Å². The molecule has 24 rings (SSSR count). The number of rotatable bonds is 4. The minimum atomic E-state index is -1.68. The predicted molar refractivity (Wildman–Crippen MR) is 498 cm³/mol. The number of nitrogens with one attached hydrogen (secondary N) is 4. The zero-order valence-corrected chi connectivity index (χ0v) is 73.2. The number of aromatic amines is 4. The molecule has 16 aromatic rings. The van der Waals surface area contributed by atoms with E-state index in [0.717, 1.165) is 0 Å². The largest absolute Gasteiger partial charge is 0.355 e. The van der Waals surface area contributed by atoms with Gasteiger partial charge in [-0.2, -0.15) is 19.2 Å². The van der Waals surface area contributed by atoms with Gasteiger partial charge in [-0.3, -0.25) is 0 Å². The minimum Gasteiger partial charge on any atom is -0.355 e.